The molecule has 9 heteroatoms. The lowest BCUT2D eigenvalue weighted by Gasteiger charge is -2.37. The lowest BCUT2D eigenvalue weighted by atomic mass is 9.80. The van der Waals surface area contributed by atoms with Gasteiger partial charge in [-0.2, -0.15) is 5.10 Å². The molecule has 26 heavy (non-hydrogen) atoms. The second-order valence-electron chi connectivity index (χ2n) is 6.71. The molecule has 2 N–H and O–H groups in total. The zero-order chi connectivity index (χ0) is 18.5. The summed E-state index contributed by atoms with van der Waals surface area (Å²) >= 11 is 0. The number of nitrogens with one attached hydrogen (secondary N) is 2. The van der Waals surface area contributed by atoms with E-state index >= 15 is 0 Å². The number of benzene rings is 1. The van der Waals surface area contributed by atoms with Crippen LogP contribution in [-0.4, -0.2) is 56.5 Å². The average molecular weight is 379 g/mol. The number of hydrogen-bond acceptors (Lipinski definition) is 6. The molecule has 1 aliphatic rings. The summed E-state index contributed by atoms with van der Waals surface area (Å²) in [6.45, 7) is 2.99. The van der Waals surface area contributed by atoms with E-state index in [9.17, 15) is 8.42 Å². The van der Waals surface area contributed by atoms with Crippen LogP contribution in [0.25, 0.3) is 0 Å². The van der Waals surface area contributed by atoms with Gasteiger partial charge in [-0.1, -0.05) is 18.2 Å². The Hall–Kier alpha value is -1.81. The number of hydrogen-bond donors (Lipinski definition) is 2. The molecule has 0 unspecified atom stereocenters. The second kappa shape index (κ2) is 8.26. The third kappa shape index (κ3) is 4.47. The van der Waals surface area contributed by atoms with Crippen molar-refractivity contribution in [3.63, 3.8) is 0 Å². The van der Waals surface area contributed by atoms with Crippen LogP contribution in [0.2, 0.25) is 0 Å². The SMILES string of the molecule is COCC1(CNS(=O)(=O)c2ccccc2Cn2cncn2)CCNCC1. The zero-order valence-corrected chi connectivity index (χ0v) is 15.7. The molecule has 1 aliphatic heterocycles. The fraction of sp³-hybridized carbons (Fsp3) is 0.529. The highest BCUT2D eigenvalue weighted by Crippen LogP contribution is 2.29. The van der Waals surface area contributed by atoms with Crippen LogP contribution in [0.5, 0.6) is 0 Å². The third-order valence-corrected chi connectivity index (χ3v) is 6.31. The lowest BCUT2D eigenvalue weighted by Crippen LogP contribution is -2.47. The van der Waals surface area contributed by atoms with E-state index in [2.05, 4.69) is 20.1 Å². The second-order valence-corrected chi connectivity index (χ2v) is 8.44. The highest BCUT2D eigenvalue weighted by Gasteiger charge is 2.34. The minimum atomic E-state index is -3.64. The smallest absolute Gasteiger partial charge is 0.240 e. The Balaban J connectivity index is 1.77. The molecule has 142 valence electrons. The summed E-state index contributed by atoms with van der Waals surface area (Å²) in [6.07, 6.45) is 4.76. The van der Waals surface area contributed by atoms with Crippen molar-refractivity contribution >= 4 is 10.0 Å². The molecule has 0 aliphatic carbocycles. The van der Waals surface area contributed by atoms with Crippen molar-refractivity contribution in [2.75, 3.05) is 33.4 Å². The fourth-order valence-corrected chi connectivity index (χ4v) is 4.73. The summed E-state index contributed by atoms with van der Waals surface area (Å²) in [5, 5.41) is 7.37. The summed E-state index contributed by atoms with van der Waals surface area (Å²) in [5.41, 5.74) is 0.505. The van der Waals surface area contributed by atoms with Crippen LogP contribution >= 0.6 is 0 Å². The van der Waals surface area contributed by atoms with Gasteiger partial charge in [0.25, 0.3) is 0 Å². The number of piperidine rings is 1. The summed E-state index contributed by atoms with van der Waals surface area (Å²) < 4.78 is 35.7. The van der Waals surface area contributed by atoms with Gasteiger partial charge in [-0.05, 0) is 37.6 Å². The van der Waals surface area contributed by atoms with Gasteiger partial charge in [0.1, 0.15) is 12.7 Å². The predicted molar refractivity (Wildman–Crippen MR) is 97.2 cm³/mol. The minimum Gasteiger partial charge on any atom is -0.384 e. The maximum atomic E-state index is 13.0. The van der Waals surface area contributed by atoms with E-state index in [-0.39, 0.29) is 10.3 Å². The molecule has 1 saturated heterocycles. The van der Waals surface area contributed by atoms with E-state index in [1.54, 1.807) is 36.3 Å². The van der Waals surface area contributed by atoms with Crippen molar-refractivity contribution in [2.45, 2.75) is 24.3 Å². The van der Waals surface area contributed by atoms with Gasteiger partial charge in [0, 0.05) is 19.1 Å². The van der Waals surface area contributed by atoms with Crippen LogP contribution < -0.4 is 10.0 Å². The van der Waals surface area contributed by atoms with E-state index in [0.717, 1.165) is 25.9 Å². The highest BCUT2D eigenvalue weighted by atomic mass is 32.2. The number of aromatic nitrogens is 3. The molecule has 2 aromatic rings. The first-order valence-electron chi connectivity index (χ1n) is 8.64. The Morgan fingerprint density at radius 3 is 2.77 bits per heavy atom. The van der Waals surface area contributed by atoms with Crippen LogP contribution in [0.1, 0.15) is 18.4 Å². The van der Waals surface area contributed by atoms with Gasteiger partial charge < -0.3 is 10.1 Å². The molecular formula is C17H25N5O3S. The Labute approximate surface area is 154 Å². The van der Waals surface area contributed by atoms with Crippen LogP contribution in [0, 0.1) is 5.41 Å². The van der Waals surface area contributed by atoms with Crippen LogP contribution in [0.3, 0.4) is 0 Å². The molecule has 1 fully saturated rings. The van der Waals surface area contributed by atoms with E-state index in [1.165, 1.54) is 6.33 Å². The predicted octanol–water partition coefficient (Wildman–Crippen LogP) is 0.621. The Morgan fingerprint density at radius 2 is 2.08 bits per heavy atom. The maximum absolute atomic E-state index is 13.0. The van der Waals surface area contributed by atoms with E-state index in [0.29, 0.717) is 25.3 Å². The molecule has 0 spiro atoms. The van der Waals surface area contributed by atoms with Gasteiger partial charge >= 0.3 is 0 Å². The number of ether oxygens (including phenoxy) is 1. The molecule has 8 nitrogen and oxygen atoms in total. The van der Waals surface area contributed by atoms with Crippen molar-refractivity contribution in [1.29, 1.82) is 0 Å². The summed E-state index contributed by atoms with van der Waals surface area (Å²) in [5.74, 6) is 0. The van der Waals surface area contributed by atoms with Gasteiger partial charge in [0.15, 0.2) is 0 Å². The minimum absolute atomic E-state index is 0.173. The Kier molecular flexibility index (Phi) is 6.02. The van der Waals surface area contributed by atoms with Crippen molar-refractivity contribution < 1.29 is 13.2 Å². The molecule has 1 aromatic heterocycles. The van der Waals surface area contributed by atoms with Gasteiger partial charge in [0.2, 0.25) is 10.0 Å². The van der Waals surface area contributed by atoms with Gasteiger partial charge in [-0.3, -0.25) is 0 Å². The average Bonchev–Trinajstić information content (AvgIpc) is 3.15. The molecule has 0 amide bonds. The monoisotopic (exact) mass is 379 g/mol. The van der Waals surface area contributed by atoms with E-state index in [1.807, 2.05) is 6.07 Å². The third-order valence-electron chi connectivity index (χ3n) is 4.81. The summed E-state index contributed by atoms with van der Waals surface area (Å²) in [7, 11) is -1.98. The normalized spacial score (nSPS) is 17.3. The summed E-state index contributed by atoms with van der Waals surface area (Å²) in [6, 6.07) is 6.98. The molecule has 3 rings (SSSR count). The zero-order valence-electron chi connectivity index (χ0n) is 14.9. The van der Waals surface area contributed by atoms with E-state index in [4.69, 9.17) is 4.74 Å². The van der Waals surface area contributed by atoms with Crippen molar-refractivity contribution in [3.05, 3.63) is 42.5 Å². The van der Waals surface area contributed by atoms with Gasteiger partial charge in [-0.25, -0.2) is 22.8 Å². The first kappa shape index (κ1) is 19.0. The number of sulfonamides is 1. The maximum Gasteiger partial charge on any atom is 0.240 e. The lowest BCUT2D eigenvalue weighted by molar-refractivity contribution is 0.0577. The quantitative estimate of drug-likeness (QED) is 0.698. The topological polar surface area (TPSA) is 98.1 Å². The Morgan fingerprint density at radius 1 is 1.31 bits per heavy atom. The van der Waals surface area contributed by atoms with Gasteiger partial charge in [0.05, 0.1) is 18.0 Å². The number of rotatable bonds is 8. The first-order valence-corrected chi connectivity index (χ1v) is 10.1. The van der Waals surface area contributed by atoms with E-state index < -0.39 is 10.0 Å². The molecule has 2 heterocycles. The van der Waals surface area contributed by atoms with Crippen molar-refractivity contribution in [1.82, 2.24) is 24.8 Å². The first-order chi connectivity index (χ1) is 12.5. The molecule has 0 radical (unpaired) electrons. The molecule has 0 atom stereocenters. The Bertz CT molecular complexity index is 796. The fourth-order valence-electron chi connectivity index (χ4n) is 3.35. The number of methoxy groups -OCH3 is 1. The summed E-state index contributed by atoms with van der Waals surface area (Å²) in [4.78, 5) is 4.18. The van der Waals surface area contributed by atoms with Crippen molar-refractivity contribution in [2.24, 2.45) is 5.41 Å². The molecule has 0 saturated carbocycles. The molecule has 0 bridgehead atoms. The van der Waals surface area contributed by atoms with Gasteiger partial charge in [-0.15, -0.1) is 0 Å². The van der Waals surface area contributed by atoms with Crippen LogP contribution in [-0.2, 0) is 21.3 Å². The highest BCUT2D eigenvalue weighted by molar-refractivity contribution is 7.89. The standard InChI is InChI=1S/C17H25N5O3S/c1-25-12-17(6-8-18-9-7-17)11-21-26(23,24)16-5-3-2-4-15(16)10-22-14-19-13-20-22/h2-5,13-14,18,21H,6-12H2,1H3. The van der Waals surface area contributed by atoms with Crippen LogP contribution in [0.4, 0.5) is 0 Å². The van der Waals surface area contributed by atoms with Crippen LogP contribution in [0.15, 0.2) is 41.8 Å². The number of nitrogens with zero attached hydrogens (tertiary/aromatic N) is 3. The largest absolute Gasteiger partial charge is 0.384 e. The molecule has 1 aromatic carbocycles. The molecular weight excluding hydrogens is 354 g/mol. The van der Waals surface area contributed by atoms with Crippen molar-refractivity contribution in [3.8, 4) is 0 Å².